The van der Waals surface area contributed by atoms with Crippen molar-refractivity contribution in [1.82, 2.24) is 15.5 Å². The molecule has 6 heteroatoms. The Morgan fingerprint density at radius 2 is 2.25 bits per heavy atom. The molecule has 1 fully saturated rings. The van der Waals surface area contributed by atoms with Gasteiger partial charge in [0.15, 0.2) is 5.82 Å². The molecule has 1 unspecified atom stereocenters. The van der Waals surface area contributed by atoms with Gasteiger partial charge in [-0.05, 0) is 47.4 Å². The zero-order valence-corrected chi connectivity index (χ0v) is 13.4. The monoisotopic (exact) mass is 353 g/mol. The summed E-state index contributed by atoms with van der Waals surface area (Å²) in [6.07, 6.45) is 3.54. The van der Waals surface area contributed by atoms with Gasteiger partial charge in [-0.25, -0.2) is 0 Å². The van der Waals surface area contributed by atoms with Crippen molar-refractivity contribution in [2.24, 2.45) is 0 Å². The number of halogens is 1. The molecule has 2 heterocycles. The SMILES string of the molecule is Brc1ccccc1SCc1noc(C2CCCCN2)n1. The number of nitrogens with one attached hydrogen (secondary N) is 1. The van der Waals surface area contributed by atoms with E-state index >= 15 is 0 Å². The molecular weight excluding hydrogens is 338 g/mol. The molecule has 106 valence electrons. The molecule has 4 nitrogen and oxygen atoms in total. The quantitative estimate of drug-likeness (QED) is 0.843. The summed E-state index contributed by atoms with van der Waals surface area (Å²) in [6, 6.07) is 8.39. The summed E-state index contributed by atoms with van der Waals surface area (Å²) in [4.78, 5) is 5.69. The molecule has 2 aromatic rings. The van der Waals surface area contributed by atoms with E-state index in [9.17, 15) is 0 Å². The second-order valence-electron chi connectivity index (χ2n) is 4.77. The lowest BCUT2D eigenvalue weighted by molar-refractivity contribution is 0.296. The molecule has 0 spiro atoms. The van der Waals surface area contributed by atoms with Crippen molar-refractivity contribution < 1.29 is 4.52 Å². The molecular formula is C14H16BrN3OS. The standard InChI is InChI=1S/C14H16BrN3OS/c15-10-5-1-2-7-12(10)20-9-13-17-14(19-18-13)11-6-3-4-8-16-11/h1-2,5,7,11,16H,3-4,6,8-9H2. The zero-order valence-electron chi connectivity index (χ0n) is 11.0. The van der Waals surface area contributed by atoms with Crippen molar-refractivity contribution in [3.63, 3.8) is 0 Å². The minimum absolute atomic E-state index is 0.235. The van der Waals surface area contributed by atoms with Crippen LogP contribution in [0.3, 0.4) is 0 Å². The molecule has 3 rings (SSSR count). The maximum absolute atomic E-state index is 5.37. The largest absolute Gasteiger partial charge is 0.338 e. The van der Waals surface area contributed by atoms with Crippen LogP contribution in [0.4, 0.5) is 0 Å². The summed E-state index contributed by atoms with van der Waals surface area (Å²) in [5.41, 5.74) is 0. The van der Waals surface area contributed by atoms with Crippen LogP contribution in [0, 0.1) is 0 Å². The molecule has 1 atom stereocenters. The maximum Gasteiger partial charge on any atom is 0.243 e. The second-order valence-corrected chi connectivity index (χ2v) is 6.64. The third-order valence-electron chi connectivity index (χ3n) is 3.29. The van der Waals surface area contributed by atoms with E-state index in [-0.39, 0.29) is 6.04 Å². The van der Waals surface area contributed by atoms with Crippen molar-refractivity contribution in [3.05, 3.63) is 40.5 Å². The molecule has 1 aliphatic rings. The number of piperidine rings is 1. The lowest BCUT2D eigenvalue weighted by atomic mass is 10.1. The molecule has 1 aliphatic heterocycles. The van der Waals surface area contributed by atoms with Crippen LogP contribution in [0.15, 0.2) is 38.2 Å². The average Bonchev–Trinajstić information content (AvgIpc) is 2.96. The van der Waals surface area contributed by atoms with E-state index in [0.717, 1.165) is 34.9 Å². The van der Waals surface area contributed by atoms with Gasteiger partial charge in [-0.1, -0.05) is 23.7 Å². The molecule has 1 aromatic carbocycles. The molecule has 0 saturated carbocycles. The lowest BCUT2D eigenvalue weighted by Gasteiger charge is -2.19. The molecule has 1 N–H and O–H groups in total. The molecule has 1 saturated heterocycles. The highest BCUT2D eigenvalue weighted by Crippen LogP contribution is 2.29. The van der Waals surface area contributed by atoms with Crippen molar-refractivity contribution in [1.29, 1.82) is 0 Å². The fraction of sp³-hybridized carbons (Fsp3) is 0.429. The molecule has 1 aromatic heterocycles. The van der Waals surface area contributed by atoms with Crippen LogP contribution in [0.5, 0.6) is 0 Å². The van der Waals surface area contributed by atoms with Gasteiger partial charge in [-0.15, -0.1) is 11.8 Å². The van der Waals surface area contributed by atoms with Crippen molar-refractivity contribution in [3.8, 4) is 0 Å². The number of benzene rings is 1. The minimum atomic E-state index is 0.235. The Hall–Kier alpha value is -0.850. The first kappa shape index (κ1) is 14.1. The van der Waals surface area contributed by atoms with E-state index in [2.05, 4.69) is 37.5 Å². The van der Waals surface area contributed by atoms with Crippen LogP contribution in [-0.2, 0) is 5.75 Å². The first-order chi connectivity index (χ1) is 9.83. The summed E-state index contributed by atoms with van der Waals surface area (Å²) in [6.45, 7) is 1.04. The zero-order chi connectivity index (χ0) is 13.8. The number of hydrogen-bond acceptors (Lipinski definition) is 5. The Labute approximate surface area is 130 Å². The predicted octanol–water partition coefficient (Wildman–Crippen LogP) is 3.94. The normalized spacial score (nSPS) is 19.1. The van der Waals surface area contributed by atoms with Crippen LogP contribution in [-0.4, -0.2) is 16.7 Å². The summed E-state index contributed by atoms with van der Waals surface area (Å²) in [5.74, 6) is 2.21. The smallest absolute Gasteiger partial charge is 0.243 e. The maximum atomic E-state index is 5.37. The third-order valence-corrected chi connectivity index (χ3v) is 5.31. The van der Waals surface area contributed by atoms with Crippen LogP contribution in [0.1, 0.15) is 37.0 Å². The van der Waals surface area contributed by atoms with Gasteiger partial charge >= 0.3 is 0 Å². The summed E-state index contributed by atoms with van der Waals surface area (Å²) in [7, 11) is 0. The van der Waals surface area contributed by atoms with E-state index in [1.807, 2.05) is 18.2 Å². The van der Waals surface area contributed by atoms with Gasteiger partial charge in [-0.3, -0.25) is 0 Å². The molecule has 0 bridgehead atoms. The predicted molar refractivity (Wildman–Crippen MR) is 82.6 cm³/mol. The fourth-order valence-corrected chi connectivity index (χ4v) is 3.65. The summed E-state index contributed by atoms with van der Waals surface area (Å²) < 4.78 is 6.47. The highest BCUT2D eigenvalue weighted by atomic mass is 79.9. The Bertz CT molecular complexity index is 569. The van der Waals surface area contributed by atoms with Gasteiger partial charge in [-0.2, -0.15) is 4.98 Å². The number of hydrogen-bond donors (Lipinski definition) is 1. The van der Waals surface area contributed by atoms with E-state index in [1.165, 1.54) is 17.7 Å². The fourth-order valence-electron chi connectivity index (χ4n) is 2.23. The molecule has 20 heavy (non-hydrogen) atoms. The van der Waals surface area contributed by atoms with E-state index < -0.39 is 0 Å². The van der Waals surface area contributed by atoms with Crippen molar-refractivity contribution >= 4 is 27.7 Å². The van der Waals surface area contributed by atoms with E-state index in [0.29, 0.717) is 0 Å². The van der Waals surface area contributed by atoms with Crippen LogP contribution in [0.2, 0.25) is 0 Å². The number of thioether (sulfide) groups is 1. The Kier molecular flexibility index (Phi) is 4.75. The molecule has 0 radical (unpaired) electrons. The van der Waals surface area contributed by atoms with Gasteiger partial charge in [0.2, 0.25) is 5.89 Å². The Morgan fingerprint density at radius 1 is 1.35 bits per heavy atom. The Balaban J connectivity index is 1.61. The number of rotatable bonds is 4. The third kappa shape index (κ3) is 3.42. The van der Waals surface area contributed by atoms with E-state index in [4.69, 9.17) is 4.52 Å². The van der Waals surface area contributed by atoms with Crippen molar-refractivity contribution in [2.45, 2.75) is 36.0 Å². The average molecular weight is 354 g/mol. The highest BCUT2D eigenvalue weighted by molar-refractivity contribution is 9.10. The van der Waals surface area contributed by atoms with Crippen molar-refractivity contribution in [2.75, 3.05) is 6.54 Å². The minimum Gasteiger partial charge on any atom is -0.338 e. The van der Waals surface area contributed by atoms with E-state index in [1.54, 1.807) is 11.8 Å². The van der Waals surface area contributed by atoms with Crippen LogP contribution < -0.4 is 5.32 Å². The van der Waals surface area contributed by atoms with Gasteiger partial charge in [0.25, 0.3) is 0 Å². The van der Waals surface area contributed by atoms with Crippen LogP contribution in [0.25, 0.3) is 0 Å². The molecule has 0 aliphatic carbocycles. The van der Waals surface area contributed by atoms with Crippen LogP contribution >= 0.6 is 27.7 Å². The van der Waals surface area contributed by atoms with Gasteiger partial charge in [0, 0.05) is 9.37 Å². The first-order valence-corrected chi connectivity index (χ1v) is 8.54. The second kappa shape index (κ2) is 6.74. The summed E-state index contributed by atoms with van der Waals surface area (Å²) >= 11 is 5.25. The molecule has 0 amide bonds. The lowest BCUT2D eigenvalue weighted by Crippen LogP contribution is -2.26. The van der Waals surface area contributed by atoms with Gasteiger partial charge in [0.1, 0.15) is 0 Å². The first-order valence-electron chi connectivity index (χ1n) is 6.76. The number of aromatic nitrogens is 2. The highest BCUT2D eigenvalue weighted by Gasteiger charge is 2.20. The van der Waals surface area contributed by atoms with Gasteiger partial charge in [0.05, 0.1) is 11.8 Å². The number of nitrogens with zero attached hydrogens (tertiary/aromatic N) is 2. The Morgan fingerprint density at radius 3 is 3.05 bits per heavy atom. The summed E-state index contributed by atoms with van der Waals surface area (Å²) in [5, 5.41) is 7.49. The van der Waals surface area contributed by atoms with Gasteiger partial charge < -0.3 is 9.84 Å². The topological polar surface area (TPSA) is 51.0 Å².